The maximum atomic E-state index is 12.3. The van der Waals surface area contributed by atoms with Crippen LogP contribution in [0.15, 0.2) is 54.6 Å². The Hall–Kier alpha value is -1.11. The first kappa shape index (κ1) is 16.3. The van der Waals surface area contributed by atoms with Crippen molar-refractivity contribution in [1.82, 2.24) is 0 Å². The van der Waals surface area contributed by atoms with Crippen LogP contribution in [0.1, 0.15) is 0 Å². The number of benzene rings is 1. The normalized spacial score (nSPS) is 14.0. The molecule has 2 rings (SSSR count). The van der Waals surface area contributed by atoms with Crippen LogP contribution >= 0.6 is 11.3 Å². The van der Waals surface area contributed by atoms with Crippen molar-refractivity contribution in [1.29, 1.82) is 0 Å². The van der Waals surface area contributed by atoms with Crippen LogP contribution in [0.2, 0.25) is 0 Å². The number of hydrogen-bond donors (Lipinski definition) is 2. The van der Waals surface area contributed by atoms with Crippen molar-refractivity contribution >= 4 is 42.2 Å². The lowest BCUT2D eigenvalue weighted by atomic mass is 10.4. The largest absolute Gasteiger partial charge is 0.248 e. The highest BCUT2D eigenvalue weighted by Crippen LogP contribution is 2.27. The van der Waals surface area contributed by atoms with Crippen LogP contribution in [0.25, 0.3) is 0 Å². The van der Waals surface area contributed by atoms with Crippen molar-refractivity contribution < 1.29 is 21.0 Å². The zero-order valence-electron chi connectivity index (χ0n) is 10.3. The van der Waals surface area contributed by atoms with E-state index in [0.29, 0.717) is 9.10 Å². The van der Waals surface area contributed by atoms with E-state index in [2.05, 4.69) is 0 Å². The summed E-state index contributed by atoms with van der Waals surface area (Å²) >= 11 is 0.796. The molecule has 7 nitrogen and oxygen atoms in total. The molecule has 1 aromatic heterocycles. The van der Waals surface area contributed by atoms with Crippen LogP contribution in [0.3, 0.4) is 0 Å². The average Bonchev–Trinajstić information content (AvgIpc) is 2.86. The highest BCUT2D eigenvalue weighted by atomic mass is 32.3. The van der Waals surface area contributed by atoms with E-state index in [1.165, 1.54) is 36.4 Å². The number of thiophene rings is 1. The molecule has 11 heteroatoms. The van der Waals surface area contributed by atoms with E-state index in [0.717, 1.165) is 11.3 Å². The summed E-state index contributed by atoms with van der Waals surface area (Å²) in [4.78, 5) is 0.227. The summed E-state index contributed by atoms with van der Waals surface area (Å²) in [7, 11) is -9.29. The van der Waals surface area contributed by atoms with Crippen LogP contribution in [0, 0.1) is 0 Å². The molecule has 1 atom stereocenters. The van der Waals surface area contributed by atoms with Gasteiger partial charge in [-0.2, -0.15) is 0 Å². The molecule has 4 N–H and O–H groups in total. The lowest BCUT2D eigenvalue weighted by Crippen LogP contribution is -2.11. The van der Waals surface area contributed by atoms with Gasteiger partial charge in [-0.15, -0.1) is 11.3 Å². The van der Waals surface area contributed by atoms with Gasteiger partial charge in [0.2, 0.25) is 20.0 Å². The molecular formula is C10H10N2O5S4. The van der Waals surface area contributed by atoms with Crippen LogP contribution in [-0.4, -0.2) is 21.0 Å². The van der Waals surface area contributed by atoms with Crippen molar-refractivity contribution in [2.24, 2.45) is 10.3 Å². The second-order valence-corrected chi connectivity index (χ2v) is 10.0. The predicted molar refractivity (Wildman–Crippen MR) is 78.2 cm³/mol. The van der Waals surface area contributed by atoms with Crippen molar-refractivity contribution in [3.8, 4) is 0 Å². The standard InChI is InChI=1S/C10H10N2O5S4/c11-20(14,15)8-3-1-7(2-4-8)19(13)9-5-6-10(18-9)21(12,16)17/h1-6H,(H2,11,14,15)(H2,12,16,17). The third kappa shape index (κ3) is 3.75. The summed E-state index contributed by atoms with van der Waals surface area (Å²) in [5.74, 6) is 0. The molecule has 0 aliphatic carbocycles. The van der Waals surface area contributed by atoms with Crippen molar-refractivity contribution in [3.05, 3.63) is 36.4 Å². The highest BCUT2D eigenvalue weighted by Gasteiger charge is 2.16. The number of sulfonamides is 2. The van der Waals surface area contributed by atoms with E-state index in [9.17, 15) is 21.0 Å². The maximum Gasteiger partial charge on any atom is 0.247 e. The summed E-state index contributed by atoms with van der Waals surface area (Å²) in [5, 5.41) is 9.94. The molecule has 0 aliphatic rings. The summed E-state index contributed by atoms with van der Waals surface area (Å²) in [6, 6.07) is 7.84. The first-order valence-electron chi connectivity index (χ1n) is 5.26. The quantitative estimate of drug-likeness (QED) is 0.796. The molecule has 0 spiro atoms. The lowest BCUT2D eigenvalue weighted by molar-refractivity contribution is 0.596. The molecule has 1 aromatic carbocycles. The maximum absolute atomic E-state index is 12.3. The van der Waals surface area contributed by atoms with E-state index < -0.39 is 30.8 Å². The van der Waals surface area contributed by atoms with Crippen LogP contribution < -0.4 is 10.3 Å². The molecule has 0 saturated heterocycles. The Labute approximate surface area is 128 Å². The van der Waals surface area contributed by atoms with Crippen molar-refractivity contribution in [3.63, 3.8) is 0 Å². The van der Waals surface area contributed by atoms with Gasteiger partial charge in [0.25, 0.3) is 0 Å². The Morgan fingerprint density at radius 2 is 1.43 bits per heavy atom. The molecule has 114 valence electrons. The van der Waals surface area contributed by atoms with Gasteiger partial charge in [-0.1, -0.05) is 0 Å². The summed E-state index contributed by atoms with van der Waals surface area (Å²) in [5.41, 5.74) is 0. The van der Waals surface area contributed by atoms with Crippen LogP contribution in [-0.2, 0) is 30.8 Å². The Bertz CT molecular complexity index is 897. The summed E-state index contributed by atoms with van der Waals surface area (Å²) < 4.78 is 57.0. The number of rotatable bonds is 4. The molecule has 0 radical (unpaired) electrons. The van der Waals surface area contributed by atoms with E-state index in [4.69, 9.17) is 10.3 Å². The van der Waals surface area contributed by atoms with Crippen molar-refractivity contribution in [2.75, 3.05) is 0 Å². The van der Waals surface area contributed by atoms with E-state index >= 15 is 0 Å². The Balaban J connectivity index is 2.35. The average molecular weight is 366 g/mol. The molecule has 21 heavy (non-hydrogen) atoms. The van der Waals surface area contributed by atoms with E-state index in [1.807, 2.05) is 0 Å². The number of primary sulfonamides is 2. The fourth-order valence-corrected chi connectivity index (χ4v) is 5.23. The molecule has 2 aromatic rings. The van der Waals surface area contributed by atoms with Gasteiger partial charge in [0.15, 0.2) is 0 Å². The smallest absolute Gasteiger partial charge is 0.247 e. The molecular weight excluding hydrogens is 356 g/mol. The summed E-state index contributed by atoms with van der Waals surface area (Å²) in [6.07, 6.45) is 0. The van der Waals surface area contributed by atoms with Crippen LogP contribution in [0.5, 0.6) is 0 Å². The van der Waals surface area contributed by atoms with Gasteiger partial charge in [0, 0.05) is 4.90 Å². The zero-order chi connectivity index (χ0) is 15.8. The lowest BCUT2D eigenvalue weighted by Gasteiger charge is -2.01. The molecule has 0 bridgehead atoms. The molecule has 0 saturated carbocycles. The molecule has 0 fully saturated rings. The molecule has 0 aliphatic heterocycles. The fourth-order valence-electron chi connectivity index (χ4n) is 1.42. The van der Waals surface area contributed by atoms with Gasteiger partial charge in [0.1, 0.15) is 4.21 Å². The van der Waals surface area contributed by atoms with E-state index in [1.54, 1.807) is 0 Å². The van der Waals surface area contributed by atoms with Gasteiger partial charge in [0.05, 0.1) is 19.9 Å². The SMILES string of the molecule is NS(=O)(=O)c1ccc(S(=O)c2ccc(S(N)(=O)=O)s2)cc1. The molecule has 1 unspecified atom stereocenters. The third-order valence-electron chi connectivity index (χ3n) is 2.39. The van der Waals surface area contributed by atoms with Gasteiger partial charge in [-0.3, -0.25) is 0 Å². The zero-order valence-corrected chi connectivity index (χ0v) is 13.6. The van der Waals surface area contributed by atoms with Crippen molar-refractivity contribution in [2.45, 2.75) is 18.2 Å². The highest BCUT2D eigenvalue weighted by molar-refractivity contribution is 7.92. The Morgan fingerprint density at radius 3 is 1.86 bits per heavy atom. The molecule has 1 heterocycles. The third-order valence-corrected chi connectivity index (χ3v) is 7.54. The van der Waals surface area contributed by atoms with E-state index in [-0.39, 0.29) is 9.10 Å². The van der Waals surface area contributed by atoms with Gasteiger partial charge in [-0.25, -0.2) is 31.3 Å². The van der Waals surface area contributed by atoms with Gasteiger partial charge >= 0.3 is 0 Å². The van der Waals surface area contributed by atoms with Gasteiger partial charge < -0.3 is 0 Å². The van der Waals surface area contributed by atoms with Crippen LogP contribution in [0.4, 0.5) is 0 Å². The minimum atomic E-state index is -3.84. The Kier molecular flexibility index (Phi) is 4.33. The first-order chi connectivity index (χ1) is 9.59. The number of hydrogen-bond acceptors (Lipinski definition) is 6. The molecule has 0 amide bonds. The topological polar surface area (TPSA) is 137 Å². The minimum Gasteiger partial charge on any atom is -0.248 e. The fraction of sp³-hybridized carbons (Fsp3) is 0. The Morgan fingerprint density at radius 1 is 0.857 bits per heavy atom. The second-order valence-electron chi connectivity index (χ2n) is 3.90. The van der Waals surface area contributed by atoms with Gasteiger partial charge in [-0.05, 0) is 36.4 Å². The first-order valence-corrected chi connectivity index (χ1v) is 10.3. The number of nitrogens with two attached hydrogens (primary N) is 2. The summed E-state index contributed by atoms with van der Waals surface area (Å²) in [6.45, 7) is 0. The minimum absolute atomic E-state index is 0.0907. The second kappa shape index (κ2) is 5.59. The monoisotopic (exact) mass is 366 g/mol. The predicted octanol–water partition coefficient (Wildman–Crippen LogP) is 0.210.